The topological polar surface area (TPSA) is 399 Å². The first-order valence-electron chi connectivity index (χ1n) is 50.6. The van der Waals surface area contributed by atoms with E-state index in [1.807, 2.05) is 36.4 Å². The van der Waals surface area contributed by atoms with Crippen LogP contribution in [0.5, 0.6) is 0 Å². The lowest BCUT2D eigenvalue weighted by Gasteiger charge is -2.38. The first-order valence-corrected chi connectivity index (χ1v) is 57.4. The molecule has 0 bridgehead atoms. The second-order valence-electron chi connectivity index (χ2n) is 41.2. The normalized spacial score (nSPS) is 22.8. The van der Waals surface area contributed by atoms with Gasteiger partial charge in [0, 0.05) is 92.2 Å². The fourth-order valence-corrected chi connectivity index (χ4v) is 26.6. The average molecular weight is 2020 g/mol. The number of nitrogens with zero attached hydrogens (tertiary/aromatic N) is 12. The number of ether oxygens (including phenoxy) is 8. The molecule has 0 saturated carbocycles. The van der Waals surface area contributed by atoms with Gasteiger partial charge in [-0.1, -0.05) is 50.5 Å². The summed E-state index contributed by atoms with van der Waals surface area (Å²) in [6, 6.07) is 35.3. The minimum Gasteiger partial charge on any atom is -0.453 e. The minimum atomic E-state index is -1.28. The van der Waals surface area contributed by atoms with Crippen LogP contribution in [0.15, 0.2) is 109 Å². The molecule has 6 aromatic carbocycles. The van der Waals surface area contributed by atoms with E-state index >= 15 is 8.78 Å². The van der Waals surface area contributed by atoms with Gasteiger partial charge in [-0.2, -0.15) is 0 Å². The van der Waals surface area contributed by atoms with Gasteiger partial charge in [-0.25, -0.2) is 47.9 Å². The Morgan fingerprint density at radius 1 is 0.326 bits per heavy atom. The van der Waals surface area contributed by atoms with Crippen molar-refractivity contribution in [1.29, 1.82) is 0 Å². The molecule has 36 nitrogen and oxygen atoms in total. The van der Waals surface area contributed by atoms with E-state index in [0.29, 0.717) is 86.5 Å². The highest BCUT2D eigenvalue weighted by molar-refractivity contribution is 6.78. The Balaban J connectivity index is 0.000000198. The van der Waals surface area contributed by atoms with Crippen LogP contribution < -0.4 is 40.9 Å². The van der Waals surface area contributed by atoms with E-state index in [0.717, 1.165) is 179 Å². The van der Waals surface area contributed by atoms with Crippen molar-refractivity contribution in [2.24, 2.45) is 0 Å². The summed E-state index contributed by atoms with van der Waals surface area (Å²) in [5, 5.41) is 10.6. The highest BCUT2D eigenvalue weighted by Gasteiger charge is 2.47. The largest absolute Gasteiger partial charge is 0.453 e. The number of amides is 8. The summed E-state index contributed by atoms with van der Waals surface area (Å²) >= 11 is 0. The van der Waals surface area contributed by atoms with Crippen molar-refractivity contribution in [2.75, 3.05) is 129 Å². The number of hydrogen-bond donors (Lipinski definition) is 8. The van der Waals surface area contributed by atoms with Crippen LogP contribution in [-0.2, 0) is 57.1 Å². The molecule has 8 N–H and O–H groups in total. The lowest BCUT2D eigenvalue weighted by atomic mass is 10.0. The summed E-state index contributed by atoms with van der Waals surface area (Å²) in [4.78, 5) is 156. The number of H-pyrrole nitrogens is 4. The van der Waals surface area contributed by atoms with Crippen LogP contribution in [0.2, 0.25) is 50.4 Å². The number of halogens is 2. The first-order chi connectivity index (χ1) is 69.2. The number of methoxy groups -OCH3 is 8. The molecule has 8 fully saturated rings. The summed E-state index contributed by atoms with van der Waals surface area (Å²) in [7, 11) is 8.48. The SMILES string of the molecule is COC(=O)N[C@H](C(=O)N1CCC[C@H]1c1nc2ccc([C@@H]3CC[C@@H](c4ccc5nc([C@@H]6CCCN6C(=O)[C@@H](NC(=O)OC)[C@@H](C)OC)[nH]c5c4)N3c3ccc(N4CC[Si](C)(C)CC4)c(F)c3)cc2[nH]1)[C@@H](C)OC.COC(=O)N[C@H](C(=O)N1CCC[C@H]1c1nc2ccc([C@H]3CC[C@H](c4ccc5nc([C@@H]6CCCN6C(=O)[C@@H](NC(=O)OC)[C@@H](C)OC)[nH]c5c4)N3c3ccc(N4CC[Si](C)(C)CC4)c(F)c3)cc2[nH]1)[C@@H](C)OC. The molecule has 0 radical (unpaired) electrons. The number of imidazole rings is 4. The zero-order chi connectivity index (χ0) is 102. The van der Waals surface area contributed by atoms with Crippen LogP contribution in [0.1, 0.15) is 199 Å². The third kappa shape index (κ3) is 21.5. The number of alkyl carbamates (subject to hydrolysis) is 4. The summed E-state index contributed by atoms with van der Waals surface area (Å²) in [5.74, 6) is 1.09. The molecule has 8 amide bonds. The highest BCUT2D eigenvalue weighted by Crippen LogP contribution is 2.52. The zero-order valence-corrected chi connectivity index (χ0v) is 87.3. The second kappa shape index (κ2) is 43.8. The van der Waals surface area contributed by atoms with E-state index in [1.165, 1.54) is 56.9 Å². The zero-order valence-electron chi connectivity index (χ0n) is 85.3. The molecule has 16 atom stereocenters. The highest BCUT2D eigenvalue weighted by atomic mass is 28.3. The second-order valence-corrected chi connectivity index (χ2v) is 51.8. The molecule has 18 rings (SSSR count). The predicted molar refractivity (Wildman–Crippen MR) is 548 cm³/mol. The summed E-state index contributed by atoms with van der Waals surface area (Å²) < 4.78 is 74.5. The number of likely N-dealkylation sites (tertiary alicyclic amines) is 4. The van der Waals surface area contributed by atoms with E-state index in [-0.39, 0.29) is 83.6 Å². The van der Waals surface area contributed by atoms with E-state index in [4.69, 9.17) is 57.8 Å². The number of rotatable bonds is 28. The number of hydrogen-bond acceptors (Lipinski definition) is 24. The number of benzene rings is 6. The Bertz CT molecular complexity index is 5670. The third-order valence-corrected chi connectivity index (χ3v) is 37.8. The van der Waals surface area contributed by atoms with E-state index in [9.17, 15) is 38.4 Å². The van der Waals surface area contributed by atoms with Gasteiger partial charge in [-0.3, -0.25) is 19.2 Å². The maximum atomic E-state index is 16.6. The predicted octanol–water partition coefficient (Wildman–Crippen LogP) is 16.1. The van der Waals surface area contributed by atoms with Gasteiger partial charge in [0.1, 0.15) is 59.1 Å². The fourth-order valence-electron chi connectivity index (χ4n) is 22.6. The lowest BCUT2D eigenvalue weighted by Crippen LogP contribution is -2.54. The summed E-state index contributed by atoms with van der Waals surface area (Å²) in [5.41, 5.74) is 13.4. The van der Waals surface area contributed by atoms with Gasteiger partial charge in [0.25, 0.3) is 0 Å². The lowest BCUT2D eigenvalue weighted by molar-refractivity contribution is -0.138. The Morgan fingerprint density at radius 2 is 0.562 bits per heavy atom. The molecule has 772 valence electrons. The van der Waals surface area contributed by atoms with Crippen molar-refractivity contribution < 1.29 is 85.0 Å². The van der Waals surface area contributed by atoms with Crippen molar-refractivity contribution in [3.8, 4) is 0 Å². The molecular weight excluding hydrogens is 1880 g/mol. The van der Waals surface area contributed by atoms with Gasteiger partial charge in [0.15, 0.2) is 0 Å². The van der Waals surface area contributed by atoms with Crippen LogP contribution >= 0.6 is 0 Å². The molecule has 8 saturated heterocycles. The monoisotopic (exact) mass is 2020 g/mol. The Hall–Kier alpha value is -12.5. The molecule has 144 heavy (non-hydrogen) atoms. The third-order valence-electron chi connectivity index (χ3n) is 31.5. The van der Waals surface area contributed by atoms with E-state index in [1.54, 1.807) is 59.4 Å². The smallest absolute Gasteiger partial charge is 0.407 e. The average Bonchev–Trinajstić information content (AvgIpc) is 1.61. The van der Waals surface area contributed by atoms with Gasteiger partial charge >= 0.3 is 24.4 Å². The minimum absolute atomic E-state index is 0.129. The number of fused-ring (bicyclic) bond motifs is 4. The van der Waals surface area contributed by atoms with Gasteiger partial charge in [0.2, 0.25) is 23.6 Å². The van der Waals surface area contributed by atoms with Crippen LogP contribution in [0.4, 0.5) is 50.7 Å². The van der Waals surface area contributed by atoms with Crippen molar-refractivity contribution in [3.63, 3.8) is 0 Å². The van der Waals surface area contributed by atoms with Crippen LogP contribution in [-0.4, -0.2) is 281 Å². The standard InChI is InChI=1S/2C52H69FN10O8Si/c2*1-30(68-3)45(58-51(66)70-5)49(64)61-21-9-11-43(61)47-54-36-16-13-32(27-38(36)56-47)40-19-20-41(63(40)34-15-18-42(35(53)29-34)60-23-25-72(7,8)26-24-60)33-14-17-37-39(28-33)57-48(55-37)44-12-10-22-62(44)50(65)46(31(2)69-4)59-52(67)71-6/h2*13-18,27-31,40-41,43-46H,9-12,19-26H2,1-8H3,(H,54,56)(H,55,57)(H,58,66)(H,59,67)/t30-,31-,40+,41+,43+,44+,45+,46+;30-,31-,40-,41-,43+,44+,45+,46+/m11/s1. The molecule has 10 aromatic rings. The van der Waals surface area contributed by atoms with Crippen molar-refractivity contribution >= 4 is 131 Å². The maximum Gasteiger partial charge on any atom is 0.407 e. The number of nitrogens with one attached hydrogen (secondary N) is 8. The number of carbonyl (C=O) groups excluding carboxylic acids is 8. The molecule has 0 unspecified atom stereocenters. The molecule has 40 heteroatoms. The summed E-state index contributed by atoms with van der Waals surface area (Å²) in [6.07, 6.45) is 3.78. The number of carbonyl (C=O) groups is 8. The maximum absolute atomic E-state index is 16.6. The van der Waals surface area contributed by atoms with Crippen LogP contribution in [0.3, 0.4) is 0 Å². The van der Waals surface area contributed by atoms with Gasteiger partial charge in [-0.15, -0.1) is 0 Å². The molecule has 12 heterocycles. The fraction of sp³-hybridized carbons (Fsp3) is 0.538. The van der Waals surface area contributed by atoms with Crippen LogP contribution in [0.25, 0.3) is 44.1 Å². The molecular formula is C104H138F2N20O16Si2. The van der Waals surface area contributed by atoms with Gasteiger partial charge in [-0.05, 0) is 236 Å². The van der Waals surface area contributed by atoms with Crippen LogP contribution in [0, 0.1) is 11.6 Å². The number of aromatic nitrogens is 8. The number of anilines is 4. The van der Waals surface area contributed by atoms with E-state index < -0.39 is 89.1 Å². The van der Waals surface area contributed by atoms with Gasteiger partial charge < -0.3 is 118 Å². The van der Waals surface area contributed by atoms with Crippen molar-refractivity contribution in [1.82, 2.24) is 80.7 Å². The van der Waals surface area contributed by atoms with Crippen molar-refractivity contribution in [2.45, 2.75) is 252 Å². The molecule has 0 aliphatic carbocycles. The van der Waals surface area contributed by atoms with Crippen molar-refractivity contribution in [3.05, 3.63) is 166 Å². The molecule has 4 aromatic heterocycles. The molecule has 0 spiro atoms. The summed E-state index contributed by atoms with van der Waals surface area (Å²) in [6.45, 7) is 22.0. The first kappa shape index (κ1) is 103. The molecule has 8 aliphatic heterocycles. The van der Waals surface area contributed by atoms with Gasteiger partial charge in [0.05, 0.1) is 173 Å². The quantitative estimate of drug-likeness (QED) is 0.0167. The molecule has 8 aliphatic rings. The Morgan fingerprint density at radius 3 is 0.778 bits per heavy atom. The number of aromatic amines is 4. The Labute approximate surface area is 839 Å². The Kier molecular flexibility index (Phi) is 31.3. The van der Waals surface area contributed by atoms with E-state index in [2.05, 4.69) is 148 Å².